The average Bonchev–Trinajstić information content (AvgIpc) is 2.74. The molecule has 1 aromatic heterocycles. The molecule has 0 saturated carbocycles. The van der Waals surface area contributed by atoms with Gasteiger partial charge in [0.05, 0.1) is 26.7 Å². The Hall–Kier alpha value is -3.27. The number of halogens is 3. The molecule has 3 aromatic rings. The van der Waals surface area contributed by atoms with Crippen molar-refractivity contribution in [3.8, 4) is 22.3 Å². The highest BCUT2D eigenvalue weighted by molar-refractivity contribution is 7.91. The number of pyridine rings is 1. The minimum Gasteiger partial charge on any atom is -0.261 e. The van der Waals surface area contributed by atoms with E-state index in [1.54, 1.807) is 26.1 Å². The van der Waals surface area contributed by atoms with Gasteiger partial charge >= 0.3 is 6.18 Å². The molecular weight excluding hydrogens is 457 g/mol. The molecule has 0 aliphatic rings. The van der Waals surface area contributed by atoms with E-state index in [1.807, 2.05) is 0 Å². The first-order chi connectivity index (χ1) is 15.3. The van der Waals surface area contributed by atoms with Gasteiger partial charge in [0.15, 0.2) is 9.84 Å². The number of alkyl halides is 3. The van der Waals surface area contributed by atoms with Crippen molar-refractivity contribution in [2.45, 2.75) is 38.8 Å². The van der Waals surface area contributed by atoms with E-state index >= 15 is 0 Å². The lowest BCUT2D eigenvalue weighted by molar-refractivity contribution is -0.384. The third-order valence-electron chi connectivity index (χ3n) is 5.42. The molecule has 0 radical (unpaired) electrons. The Kier molecular flexibility index (Phi) is 6.34. The highest BCUT2D eigenvalue weighted by Crippen LogP contribution is 2.47. The zero-order valence-corrected chi connectivity index (χ0v) is 19.1. The summed E-state index contributed by atoms with van der Waals surface area (Å²) in [5, 5.41) is 12.1. The Bertz CT molecular complexity index is 1370. The van der Waals surface area contributed by atoms with Gasteiger partial charge in [0.2, 0.25) is 0 Å². The van der Waals surface area contributed by atoms with Gasteiger partial charge < -0.3 is 0 Å². The van der Waals surface area contributed by atoms with Crippen LogP contribution in [0.1, 0.15) is 29.3 Å². The van der Waals surface area contributed by atoms with Crippen LogP contribution in [-0.2, 0) is 16.0 Å². The van der Waals surface area contributed by atoms with Crippen molar-refractivity contribution >= 4 is 15.5 Å². The fraction of sp³-hybridized carbons (Fsp3) is 0.261. The Morgan fingerprint density at radius 1 is 1.06 bits per heavy atom. The third kappa shape index (κ3) is 4.61. The van der Waals surface area contributed by atoms with Crippen molar-refractivity contribution in [1.82, 2.24) is 4.98 Å². The summed E-state index contributed by atoms with van der Waals surface area (Å²) in [6.07, 6.45) is -3.30. The zero-order valence-electron chi connectivity index (χ0n) is 18.3. The van der Waals surface area contributed by atoms with Crippen LogP contribution in [0.5, 0.6) is 0 Å². The summed E-state index contributed by atoms with van der Waals surface area (Å²) in [5.74, 6) is -0.202. The van der Waals surface area contributed by atoms with Crippen molar-refractivity contribution in [1.29, 1.82) is 0 Å². The minimum absolute atomic E-state index is 0.0368. The fourth-order valence-corrected chi connectivity index (χ4v) is 4.63. The molecule has 3 rings (SSSR count). The van der Waals surface area contributed by atoms with Crippen molar-refractivity contribution in [3.63, 3.8) is 0 Å². The van der Waals surface area contributed by atoms with E-state index in [0.29, 0.717) is 16.8 Å². The van der Waals surface area contributed by atoms with Crippen molar-refractivity contribution in [3.05, 3.63) is 75.1 Å². The van der Waals surface area contributed by atoms with Gasteiger partial charge in [0, 0.05) is 23.0 Å². The van der Waals surface area contributed by atoms with E-state index in [0.717, 1.165) is 13.0 Å². The molecule has 174 valence electrons. The quantitative estimate of drug-likeness (QED) is 0.328. The molecule has 0 bridgehead atoms. The van der Waals surface area contributed by atoms with Gasteiger partial charge in [-0.2, -0.15) is 13.2 Å². The van der Waals surface area contributed by atoms with Crippen LogP contribution in [0.4, 0.5) is 18.9 Å². The van der Waals surface area contributed by atoms with Crippen LogP contribution in [0, 0.1) is 30.9 Å². The second-order valence-electron chi connectivity index (χ2n) is 7.65. The lowest BCUT2D eigenvalue weighted by atomic mass is 9.87. The lowest BCUT2D eigenvalue weighted by Gasteiger charge is -2.19. The SMILES string of the molecule is CCS(=O)(=O)c1cccc(-c2cc(C(F)(F)F)c(C)c([N+](=O)[O-])c2-c2cc(C)cnc2C)c1. The normalized spacial score (nSPS) is 12.1. The highest BCUT2D eigenvalue weighted by atomic mass is 32.2. The molecule has 2 aromatic carbocycles. The van der Waals surface area contributed by atoms with Gasteiger partial charge in [-0.3, -0.25) is 15.1 Å². The summed E-state index contributed by atoms with van der Waals surface area (Å²) in [6.45, 7) is 5.83. The van der Waals surface area contributed by atoms with Crippen LogP contribution in [0.3, 0.4) is 0 Å². The number of aryl methyl sites for hydroxylation is 2. The monoisotopic (exact) mass is 478 g/mol. The van der Waals surface area contributed by atoms with E-state index in [1.165, 1.54) is 31.2 Å². The Morgan fingerprint density at radius 3 is 2.30 bits per heavy atom. The number of nitrogens with zero attached hydrogens (tertiary/aromatic N) is 2. The molecule has 0 spiro atoms. The molecule has 0 unspecified atom stereocenters. The first kappa shape index (κ1) is 24.4. The van der Waals surface area contributed by atoms with E-state index < -0.39 is 37.8 Å². The maximum atomic E-state index is 13.9. The molecule has 0 amide bonds. The predicted molar refractivity (Wildman–Crippen MR) is 119 cm³/mol. The van der Waals surface area contributed by atoms with Crippen LogP contribution < -0.4 is 0 Å². The number of aromatic nitrogens is 1. The maximum Gasteiger partial charge on any atom is 0.416 e. The third-order valence-corrected chi connectivity index (χ3v) is 7.15. The lowest BCUT2D eigenvalue weighted by Crippen LogP contribution is -2.11. The summed E-state index contributed by atoms with van der Waals surface area (Å²) in [7, 11) is -3.66. The molecule has 0 N–H and O–H groups in total. The Balaban J connectivity index is 2.55. The molecule has 0 aliphatic heterocycles. The van der Waals surface area contributed by atoms with Gasteiger partial charge in [-0.25, -0.2) is 8.42 Å². The van der Waals surface area contributed by atoms with Crippen LogP contribution >= 0.6 is 0 Å². The smallest absolute Gasteiger partial charge is 0.261 e. The molecule has 10 heteroatoms. The van der Waals surface area contributed by atoms with Crippen LogP contribution in [0.2, 0.25) is 0 Å². The van der Waals surface area contributed by atoms with Crippen LogP contribution in [0.15, 0.2) is 47.5 Å². The predicted octanol–water partition coefficient (Wildman–Crippen LogP) is 6.06. The number of nitro groups is 1. The van der Waals surface area contributed by atoms with E-state index in [9.17, 15) is 31.7 Å². The Morgan fingerprint density at radius 2 is 1.73 bits per heavy atom. The van der Waals surface area contributed by atoms with Crippen molar-refractivity contribution in [2.75, 3.05) is 5.75 Å². The number of benzene rings is 2. The molecule has 0 aliphatic carbocycles. The van der Waals surface area contributed by atoms with Crippen LogP contribution in [-0.4, -0.2) is 24.1 Å². The first-order valence-electron chi connectivity index (χ1n) is 9.94. The van der Waals surface area contributed by atoms with E-state index in [2.05, 4.69) is 4.98 Å². The van der Waals surface area contributed by atoms with Gasteiger partial charge in [-0.15, -0.1) is 0 Å². The van der Waals surface area contributed by atoms with E-state index in [4.69, 9.17) is 0 Å². The molecular formula is C23H21F3N2O4S. The number of nitro benzene ring substituents is 1. The molecule has 6 nitrogen and oxygen atoms in total. The first-order valence-corrected chi connectivity index (χ1v) is 11.6. The number of hydrogen-bond acceptors (Lipinski definition) is 5. The molecule has 33 heavy (non-hydrogen) atoms. The molecule has 0 fully saturated rings. The zero-order chi connectivity index (χ0) is 24.7. The van der Waals surface area contributed by atoms with Gasteiger partial charge in [-0.05, 0) is 61.7 Å². The van der Waals surface area contributed by atoms with Crippen molar-refractivity contribution < 1.29 is 26.5 Å². The number of sulfone groups is 1. The summed E-state index contributed by atoms with van der Waals surface area (Å²) in [6, 6.07) is 7.89. The maximum absolute atomic E-state index is 13.9. The second kappa shape index (κ2) is 8.58. The largest absolute Gasteiger partial charge is 0.416 e. The molecule has 0 atom stereocenters. The summed E-state index contributed by atoms with van der Waals surface area (Å²) in [4.78, 5) is 15.4. The van der Waals surface area contributed by atoms with Crippen molar-refractivity contribution in [2.24, 2.45) is 0 Å². The standard InChI is InChI=1S/C23H21F3N2O4S/c1-5-33(31,32)17-8-6-7-16(10-17)19-11-20(23(24,25)26)14(3)22(28(29)30)21(19)18-9-13(2)12-27-15(18)4/h6-12H,5H2,1-4H3. The topological polar surface area (TPSA) is 90.2 Å². The Labute approximate surface area is 189 Å². The summed E-state index contributed by atoms with van der Waals surface area (Å²) >= 11 is 0. The van der Waals surface area contributed by atoms with Crippen LogP contribution in [0.25, 0.3) is 22.3 Å². The molecule has 1 heterocycles. The second-order valence-corrected chi connectivity index (χ2v) is 9.93. The van der Waals surface area contributed by atoms with Gasteiger partial charge in [-0.1, -0.05) is 19.1 Å². The summed E-state index contributed by atoms with van der Waals surface area (Å²) < 4.78 is 66.4. The number of hydrogen-bond donors (Lipinski definition) is 0. The highest BCUT2D eigenvalue weighted by Gasteiger charge is 2.38. The fourth-order valence-electron chi connectivity index (χ4n) is 3.70. The van der Waals surface area contributed by atoms with Gasteiger partial charge in [0.25, 0.3) is 5.69 Å². The number of rotatable bonds is 5. The summed E-state index contributed by atoms with van der Waals surface area (Å²) in [5.41, 5.74) is -1.03. The van der Waals surface area contributed by atoms with E-state index in [-0.39, 0.29) is 27.3 Å². The molecule has 0 saturated heterocycles. The van der Waals surface area contributed by atoms with Gasteiger partial charge in [0.1, 0.15) is 0 Å². The average molecular weight is 478 g/mol. The minimum atomic E-state index is -4.85.